The van der Waals surface area contributed by atoms with E-state index in [0.29, 0.717) is 6.61 Å². The van der Waals surface area contributed by atoms with Crippen molar-refractivity contribution in [2.24, 2.45) is 17.6 Å². The Kier molecular flexibility index (Phi) is 5.73. The highest BCUT2D eigenvalue weighted by atomic mass is 16.2. The normalized spacial score (nSPS) is 35.2. The molecule has 1 aliphatic carbocycles. The van der Waals surface area contributed by atoms with Crippen molar-refractivity contribution in [3.8, 4) is 0 Å². The van der Waals surface area contributed by atoms with Crippen molar-refractivity contribution in [1.82, 2.24) is 5.32 Å². The zero-order chi connectivity index (χ0) is 12.0. The summed E-state index contributed by atoms with van der Waals surface area (Å²) in [7, 11) is 0. The van der Waals surface area contributed by atoms with Crippen molar-refractivity contribution in [2.75, 3.05) is 19.7 Å². The summed E-state index contributed by atoms with van der Waals surface area (Å²) in [6.07, 6.45) is 5.62. The van der Waals surface area contributed by atoms with Crippen LogP contribution >= 0.6 is 0 Å². The average Bonchev–Trinajstić information content (AvgIpc) is 2.30. The first kappa shape index (κ1) is 13.9. The van der Waals surface area contributed by atoms with Gasteiger partial charge in [0.1, 0.15) is 0 Å². The summed E-state index contributed by atoms with van der Waals surface area (Å²) in [6, 6.07) is 0. The molecule has 0 saturated heterocycles. The molecule has 3 nitrogen and oxygen atoms in total. The number of nitrogens with one attached hydrogen (secondary N) is 1. The van der Waals surface area contributed by atoms with Crippen LogP contribution in [0.15, 0.2) is 0 Å². The van der Waals surface area contributed by atoms with Gasteiger partial charge in [0, 0.05) is 18.7 Å². The minimum Gasteiger partial charge on any atom is -0.396 e. The Morgan fingerprint density at radius 1 is 1.31 bits per heavy atom. The molecule has 0 radical (unpaired) electrons. The Labute approximate surface area is 99.8 Å². The first-order chi connectivity index (χ1) is 7.63. The van der Waals surface area contributed by atoms with E-state index in [0.717, 1.165) is 37.8 Å². The minimum atomic E-state index is 0.168. The van der Waals surface area contributed by atoms with E-state index in [1.54, 1.807) is 0 Å². The molecule has 3 heteroatoms. The predicted molar refractivity (Wildman–Crippen MR) is 68.3 cm³/mol. The van der Waals surface area contributed by atoms with Crippen molar-refractivity contribution in [2.45, 2.75) is 51.5 Å². The molecule has 0 aromatic rings. The molecule has 96 valence electrons. The van der Waals surface area contributed by atoms with Crippen LogP contribution in [0.2, 0.25) is 0 Å². The first-order valence-electron chi connectivity index (χ1n) is 6.69. The summed E-state index contributed by atoms with van der Waals surface area (Å²) in [6.45, 7) is 6.70. The summed E-state index contributed by atoms with van der Waals surface area (Å²) in [5.74, 6) is 1.60. The summed E-state index contributed by atoms with van der Waals surface area (Å²) in [4.78, 5) is 0. The van der Waals surface area contributed by atoms with E-state index in [4.69, 9.17) is 10.8 Å². The minimum absolute atomic E-state index is 0.168. The van der Waals surface area contributed by atoms with Gasteiger partial charge in [0.05, 0.1) is 0 Å². The van der Waals surface area contributed by atoms with Crippen molar-refractivity contribution < 1.29 is 5.11 Å². The molecule has 0 amide bonds. The molecule has 0 spiro atoms. The fourth-order valence-electron chi connectivity index (χ4n) is 2.72. The molecule has 4 N–H and O–H groups in total. The molecular formula is C13H28N2O. The van der Waals surface area contributed by atoms with E-state index in [-0.39, 0.29) is 5.54 Å². The standard InChI is InChI=1S/C13H28N2O/c1-11-5-6-13(10-14,9-12(11)2)15-7-3-4-8-16/h11-12,15-16H,3-10,14H2,1-2H3. The highest BCUT2D eigenvalue weighted by Gasteiger charge is 2.35. The van der Waals surface area contributed by atoms with Gasteiger partial charge in [-0.25, -0.2) is 0 Å². The topological polar surface area (TPSA) is 58.3 Å². The lowest BCUT2D eigenvalue weighted by Gasteiger charge is -2.43. The van der Waals surface area contributed by atoms with Gasteiger partial charge in [0.25, 0.3) is 0 Å². The third-order valence-electron chi connectivity index (χ3n) is 4.24. The van der Waals surface area contributed by atoms with Gasteiger partial charge in [-0.15, -0.1) is 0 Å². The van der Waals surface area contributed by atoms with Crippen LogP contribution in [-0.2, 0) is 0 Å². The molecule has 1 saturated carbocycles. The Bertz CT molecular complexity index is 198. The lowest BCUT2D eigenvalue weighted by Crippen LogP contribution is -2.55. The van der Waals surface area contributed by atoms with E-state index < -0.39 is 0 Å². The van der Waals surface area contributed by atoms with E-state index in [9.17, 15) is 0 Å². The number of hydrogen-bond acceptors (Lipinski definition) is 3. The van der Waals surface area contributed by atoms with Gasteiger partial charge in [-0.2, -0.15) is 0 Å². The molecule has 1 fully saturated rings. The molecule has 0 aromatic heterocycles. The van der Waals surface area contributed by atoms with Crippen LogP contribution in [0.3, 0.4) is 0 Å². The Hall–Kier alpha value is -0.120. The lowest BCUT2D eigenvalue weighted by molar-refractivity contribution is 0.145. The summed E-state index contributed by atoms with van der Waals surface area (Å²) >= 11 is 0. The number of aliphatic hydroxyl groups is 1. The SMILES string of the molecule is CC1CCC(CN)(NCCCCO)CC1C. The van der Waals surface area contributed by atoms with Crippen LogP contribution in [0, 0.1) is 11.8 Å². The number of nitrogens with two attached hydrogens (primary N) is 1. The zero-order valence-corrected chi connectivity index (χ0v) is 10.8. The molecule has 3 atom stereocenters. The smallest absolute Gasteiger partial charge is 0.0431 e. The van der Waals surface area contributed by atoms with Crippen LogP contribution in [0.4, 0.5) is 0 Å². The Morgan fingerprint density at radius 3 is 2.62 bits per heavy atom. The van der Waals surface area contributed by atoms with Crippen molar-refractivity contribution in [3.63, 3.8) is 0 Å². The van der Waals surface area contributed by atoms with Gasteiger partial charge >= 0.3 is 0 Å². The molecule has 1 rings (SSSR count). The van der Waals surface area contributed by atoms with Crippen LogP contribution in [-0.4, -0.2) is 30.3 Å². The maximum Gasteiger partial charge on any atom is 0.0431 e. The highest BCUT2D eigenvalue weighted by molar-refractivity contribution is 4.95. The summed E-state index contributed by atoms with van der Waals surface area (Å²) in [5.41, 5.74) is 6.12. The van der Waals surface area contributed by atoms with Gasteiger partial charge < -0.3 is 16.2 Å². The van der Waals surface area contributed by atoms with Crippen molar-refractivity contribution >= 4 is 0 Å². The fraction of sp³-hybridized carbons (Fsp3) is 1.00. The van der Waals surface area contributed by atoms with Crippen LogP contribution < -0.4 is 11.1 Å². The maximum atomic E-state index is 8.75. The Morgan fingerprint density at radius 2 is 2.06 bits per heavy atom. The fourth-order valence-corrected chi connectivity index (χ4v) is 2.72. The second-order valence-electron chi connectivity index (χ2n) is 5.54. The molecule has 16 heavy (non-hydrogen) atoms. The monoisotopic (exact) mass is 228 g/mol. The van der Waals surface area contributed by atoms with Gasteiger partial charge in [0.15, 0.2) is 0 Å². The quantitative estimate of drug-likeness (QED) is 0.604. The van der Waals surface area contributed by atoms with Crippen LogP contribution in [0.25, 0.3) is 0 Å². The third-order valence-corrected chi connectivity index (χ3v) is 4.24. The van der Waals surface area contributed by atoms with E-state index in [1.807, 2.05) is 0 Å². The predicted octanol–water partition coefficient (Wildman–Crippen LogP) is 1.50. The maximum absolute atomic E-state index is 8.75. The molecular weight excluding hydrogens is 200 g/mol. The number of unbranched alkanes of at least 4 members (excludes halogenated alkanes) is 1. The summed E-state index contributed by atoms with van der Waals surface area (Å²) < 4.78 is 0. The average molecular weight is 228 g/mol. The van der Waals surface area contributed by atoms with Gasteiger partial charge in [0.2, 0.25) is 0 Å². The number of rotatable bonds is 6. The second-order valence-corrected chi connectivity index (χ2v) is 5.54. The third kappa shape index (κ3) is 3.72. The first-order valence-corrected chi connectivity index (χ1v) is 6.69. The number of hydrogen-bond donors (Lipinski definition) is 3. The second kappa shape index (κ2) is 6.58. The van der Waals surface area contributed by atoms with Gasteiger partial charge in [-0.3, -0.25) is 0 Å². The zero-order valence-electron chi connectivity index (χ0n) is 10.8. The van der Waals surface area contributed by atoms with Crippen LogP contribution in [0.5, 0.6) is 0 Å². The van der Waals surface area contributed by atoms with Gasteiger partial charge in [-0.05, 0) is 50.5 Å². The molecule has 1 aliphatic rings. The van der Waals surface area contributed by atoms with E-state index >= 15 is 0 Å². The number of aliphatic hydroxyl groups excluding tert-OH is 1. The van der Waals surface area contributed by atoms with E-state index in [1.165, 1.54) is 19.3 Å². The summed E-state index contributed by atoms with van der Waals surface area (Å²) in [5, 5.41) is 12.4. The molecule has 0 aliphatic heterocycles. The van der Waals surface area contributed by atoms with Gasteiger partial charge in [-0.1, -0.05) is 13.8 Å². The molecule has 0 bridgehead atoms. The molecule has 0 aromatic carbocycles. The Balaban J connectivity index is 2.38. The lowest BCUT2D eigenvalue weighted by atomic mass is 9.71. The largest absolute Gasteiger partial charge is 0.396 e. The van der Waals surface area contributed by atoms with Crippen LogP contribution in [0.1, 0.15) is 46.0 Å². The molecule has 0 heterocycles. The highest BCUT2D eigenvalue weighted by Crippen LogP contribution is 2.35. The van der Waals surface area contributed by atoms with Crippen molar-refractivity contribution in [1.29, 1.82) is 0 Å². The molecule has 3 unspecified atom stereocenters. The van der Waals surface area contributed by atoms with E-state index in [2.05, 4.69) is 19.2 Å². The van der Waals surface area contributed by atoms with Crippen molar-refractivity contribution in [3.05, 3.63) is 0 Å².